The quantitative estimate of drug-likeness (QED) is 0.509. The van der Waals surface area contributed by atoms with Crippen molar-refractivity contribution in [2.24, 2.45) is 7.05 Å². The lowest BCUT2D eigenvalue weighted by molar-refractivity contribution is 0.415. The van der Waals surface area contributed by atoms with Gasteiger partial charge < -0.3 is 4.74 Å². The van der Waals surface area contributed by atoms with Crippen LogP contribution in [0.15, 0.2) is 52.1 Å². The van der Waals surface area contributed by atoms with Gasteiger partial charge >= 0.3 is 5.69 Å². The molecule has 0 unspecified atom stereocenters. The normalized spacial score (nSPS) is 11.1. The Labute approximate surface area is 168 Å². The zero-order chi connectivity index (χ0) is 21.4. The Morgan fingerprint density at radius 1 is 1.00 bits per heavy atom. The van der Waals surface area contributed by atoms with Crippen LogP contribution in [0.5, 0.6) is 5.75 Å². The van der Waals surface area contributed by atoms with E-state index in [-0.39, 0.29) is 23.5 Å². The second-order valence-electron chi connectivity index (χ2n) is 6.52. The molecule has 2 heterocycles. The van der Waals surface area contributed by atoms with E-state index >= 15 is 0 Å². The minimum atomic E-state index is -1.04. The summed E-state index contributed by atoms with van der Waals surface area (Å²) in [6.45, 7) is -0.140. The van der Waals surface area contributed by atoms with Crippen molar-refractivity contribution in [2.45, 2.75) is 6.54 Å². The van der Waals surface area contributed by atoms with Crippen LogP contribution in [0.25, 0.3) is 22.6 Å². The number of hydrogen-bond donors (Lipinski definition) is 0. The van der Waals surface area contributed by atoms with Crippen LogP contribution in [0.1, 0.15) is 5.56 Å². The molecule has 0 saturated carbocycles. The number of methoxy groups -OCH3 is 1. The molecule has 0 fully saturated rings. The fourth-order valence-corrected chi connectivity index (χ4v) is 2.99. The highest BCUT2D eigenvalue weighted by atomic mass is 19.2. The summed E-state index contributed by atoms with van der Waals surface area (Å²) < 4.78 is 33.9. The van der Waals surface area contributed by atoms with Crippen LogP contribution in [0.2, 0.25) is 0 Å². The van der Waals surface area contributed by atoms with E-state index in [0.717, 1.165) is 21.3 Å². The molecule has 0 radical (unpaired) electrons. The predicted molar refractivity (Wildman–Crippen MR) is 104 cm³/mol. The third-order valence-electron chi connectivity index (χ3n) is 4.62. The van der Waals surface area contributed by atoms with Gasteiger partial charge in [-0.1, -0.05) is 6.07 Å². The van der Waals surface area contributed by atoms with E-state index in [0.29, 0.717) is 16.9 Å². The van der Waals surface area contributed by atoms with Gasteiger partial charge in [-0.3, -0.25) is 13.9 Å². The van der Waals surface area contributed by atoms with Crippen LogP contribution < -0.4 is 16.0 Å². The third-order valence-corrected chi connectivity index (χ3v) is 4.62. The first-order valence-electron chi connectivity index (χ1n) is 8.81. The van der Waals surface area contributed by atoms with Gasteiger partial charge in [0, 0.05) is 12.6 Å². The van der Waals surface area contributed by atoms with Crippen molar-refractivity contribution >= 4 is 11.2 Å². The van der Waals surface area contributed by atoms with Crippen LogP contribution in [-0.4, -0.2) is 31.4 Å². The first kappa shape index (κ1) is 19.4. The summed E-state index contributed by atoms with van der Waals surface area (Å²) in [4.78, 5) is 29.6. The van der Waals surface area contributed by atoms with E-state index in [4.69, 9.17) is 4.74 Å². The van der Waals surface area contributed by atoms with E-state index in [1.54, 1.807) is 31.4 Å². The fourth-order valence-electron chi connectivity index (χ4n) is 2.99. The van der Waals surface area contributed by atoms with Crippen LogP contribution in [0, 0.1) is 11.6 Å². The number of fused-ring (bicyclic) bond motifs is 1. The third kappa shape index (κ3) is 3.32. The Bertz CT molecular complexity index is 1380. The average molecular weight is 411 g/mol. The second-order valence-corrected chi connectivity index (χ2v) is 6.52. The maximum atomic E-state index is 13.6. The van der Waals surface area contributed by atoms with Crippen LogP contribution in [0.4, 0.5) is 8.78 Å². The largest absolute Gasteiger partial charge is 0.497 e. The van der Waals surface area contributed by atoms with E-state index in [9.17, 15) is 18.4 Å². The van der Waals surface area contributed by atoms with Crippen molar-refractivity contribution in [1.82, 2.24) is 24.3 Å². The number of halogens is 2. The molecule has 4 aromatic rings. The Morgan fingerprint density at radius 3 is 2.40 bits per heavy atom. The van der Waals surface area contributed by atoms with Crippen LogP contribution in [0.3, 0.4) is 0 Å². The van der Waals surface area contributed by atoms with E-state index in [2.05, 4.69) is 15.2 Å². The van der Waals surface area contributed by atoms with Gasteiger partial charge in [0.05, 0.1) is 13.7 Å². The van der Waals surface area contributed by atoms with Gasteiger partial charge in [-0.25, -0.2) is 18.6 Å². The Morgan fingerprint density at radius 2 is 1.73 bits per heavy atom. The molecule has 30 heavy (non-hydrogen) atoms. The van der Waals surface area contributed by atoms with E-state index < -0.39 is 22.9 Å². The molecule has 0 saturated heterocycles. The number of nitrogens with zero attached hydrogens (tertiary/aromatic N) is 5. The topological polar surface area (TPSA) is 91.9 Å². The molecule has 8 nitrogen and oxygen atoms in total. The Balaban J connectivity index is 1.87. The average Bonchev–Trinajstić information content (AvgIpc) is 2.77. The number of hydrogen-bond acceptors (Lipinski definition) is 6. The molecule has 10 heteroatoms. The van der Waals surface area contributed by atoms with Gasteiger partial charge in [0.1, 0.15) is 5.75 Å². The zero-order valence-corrected chi connectivity index (χ0v) is 16.0. The van der Waals surface area contributed by atoms with Crippen molar-refractivity contribution in [3.63, 3.8) is 0 Å². The maximum absolute atomic E-state index is 13.6. The molecule has 2 aromatic carbocycles. The number of aromatic nitrogens is 5. The Kier molecular flexibility index (Phi) is 4.82. The van der Waals surface area contributed by atoms with Crippen LogP contribution in [-0.2, 0) is 13.6 Å². The minimum Gasteiger partial charge on any atom is -0.497 e. The molecule has 0 spiro atoms. The summed E-state index contributed by atoms with van der Waals surface area (Å²) in [6.07, 6.45) is 0. The summed E-state index contributed by atoms with van der Waals surface area (Å²) in [7, 11) is 2.85. The monoisotopic (exact) mass is 411 g/mol. The van der Waals surface area contributed by atoms with E-state index in [1.165, 1.54) is 13.1 Å². The fraction of sp³-hybridized carbons (Fsp3) is 0.150. The summed E-state index contributed by atoms with van der Waals surface area (Å²) in [5.41, 5.74) is -0.514. The summed E-state index contributed by atoms with van der Waals surface area (Å²) in [6, 6.07) is 10.1. The molecule has 4 rings (SSSR count). The van der Waals surface area contributed by atoms with Crippen molar-refractivity contribution in [3.8, 4) is 17.1 Å². The Hall–Kier alpha value is -3.95. The molecule has 0 amide bonds. The van der Waals surface area contributed by atoms with E-state index in [1.807, 2.05) is 0 Å². The van der Waals surface area contributed by atoms with Gasteiger partial charge in [-0.2, -0.15) is 0 Å². The maximum Gasteiger partial charge on any atom is 0.332 e. The highest BCUT2D eigenvalue weighted by molar-refractivity contribution is 5.71. The summed E-state index contributed by atoms with van der Waals surface area (Å²) in [5, 5.41) is 8.07. The molecule has 0 aliphatic carbocycles. The molecule has 2 aromatic heterocycles. The van der Waals surface area contributed by atoms with Gasteiger partial charge in [0.2, 0.25) is 0 Å². The first-order chi connectivity index (χ1) is 14.4. The lowest BCUT2D eigenvalue weighted by Crippen LogP contribution is -2.39. The molecule has 0 bridgehead atoms. The lowest BCUT2D eigenvalue weighted by atomic mass is 10.2. The highest BCUT2D eigenvalue weighted by Crippen LogP contribution is 2.19. The van der Waals surface area contributed by atoms with Crippen molar-refractivity contribution in [2.75, 3.05) is 7.11 Å². The first-order valence-corrected chi connectivity index (χ1v) is 8.81. The van der Waals surface area contributed by atoms with Gasteiger partial charge in [0.15, 0.2) is 28.6 Å². The molecule has 0 aliphatic rings. The van der Waals surface area contributed by atoms with Gasteiger partial charge in [0.25, 0.3) is 5.56 Å². The van der Waals surface area contributed by atoms with Crippen molar-refractivity contribution in [3.05, 3.63) is 80.5 Å². The molecular formula is C20H15F2N5O3. The van der Waals surface area contributed by atoms with Gasteiger partial charge in [-0.15, -0.1) is 10.2 Å². The lowest BCUT2D eigenvalue weighted by Gasteiger charge is -2.11. The second kappa shape index (κ2) is 7.47. The standard InChI is InChI=1S/C20H15F2N5O3/c1-26-19(28)16-18(25-24-17(23-16)12-4-6-13(30-2)7-5-12)27(20(26)29)10-11-3-8-14(21)15(22)9-11/h3-9H,10H2,1-2H3. The molecular weight excluding hydrogens is 396 g/mol. The summed E-state index contributed by atoms with van der Waals surface area (Å²) >= 11 is 0. The SMILES string of the molecule is COc1ccc(-c2nnc3c(n2)c(=O)n(C)c(=O)n3Cc2ccc(F)c(F)c2)cc1. The molecule has 0 aliphatic heterocycles. The highest BCUT2D eigenvalue weighted by Gasteiger charge is 2.17. The van der Waals surface area contributed by atoms with Crippen molar-refractivity contribution < 1.29 is 13.5 Å². The predicted octanol–water partition coefficient (Wildman–Crippen LogP) is 1.89. The number of rotatable bonds is 4. The summed E-state index contributed by atoms with van der Waals surface area (Å²) in [5.74, 6) is -1.20. The molecule has 0 atom stereocenters. The van der Waals surface area contributed by atoms with Crippen molar-refractivity contribution in [1.29, 1.82) is 0 Å². The molecule has 0 N–H and O–H groups in total. The smallest absolute Gasteiger partial charge is 0.332 e. The molecule has 152 valence electrons. The zero-order valence-electron chi connectivity index (χ0n) is 16.0. The minimum absolute atomic E-state index is 0.0508. The number of benzene rings is 2. The van der Waals surface area contributed by atoms with Gasteiger partial charge in [-0.05, 0) is 42.0 Å². The van der Waals surface area contributed by atoms with Crippen LogP contribution >= 0.6 is 0 Å². The number of ether oxygens (including phenoxy) is 1.